The zero-order chi connectivity index (χ0) is 16.8. The minimum atomic E-state index is -1.03. The van der Waals surface area contributed by atoms with E-state index in [9.17, 15) is 14.4 Å². The first-order valence-corrected chi connectivity index (χ1v) is 7.48. The average molecular weight is 320 g/mol. The van der Waals surface area contributed by atoms with Gasteiger partial charge in [-0.3, -0.25) is 9.59 Å². The number of carboxylic acid groups (broad SMARTS) is 1. The molecular weight excluding hydrogens is 300 g/mol. The lowest BCUT2D eigenvalue weighted by Gasteiger charge is -2.12. The number of aliphatic carboxylic acids is 1. The number of carboxylic acids is 1. The summed E-state index contributed by atoms with van der Waals surface area (Å²) in [6, 6.07) is 7.36. The third kappa shape index (κ3) is 5.07. The van der Waals surface area contributed by atoms with Crippen molar-refractivity contribution in [2.75, 3.05) is 11.9 Å². The van der Waals surface area contributed by atoms with E-state index in [1.165, 1.54) is 6.92 Å². The van der Waals surface area contributed by atoms with Gasteiger partial charge < -0.3 is 20.5 Å². The number of benzene rings is 1. The second-order valence-corrected chi connectivity index (χ2v) is 5.45. The molecule has 2 amide bonds. The third-order valence-electron chi connectivity index (χ3n) is 3.57. The summed E-state index contributed by atoms with van der Waals surface area (Å²) >= 11 is 0. The minimum absolute atomic E-state index is 0.124. The predicted molar refractivity (Wildman–Crippen MR) is 83.0 cm³/mol. The maximum Gasteiger partial charge on any atom is 0.332 e. The molecule has 2 atom stereocenters. The summed E-state index contributed by atoms with van der Waals surface area (Å²) in [5.74, 6) is -1.43. The molecule has 3 N–H and O–H groups in total. The standard InChI is InChI=1S/C16H20N2O5/c1-10(19)18-12-4-2-11(3-5-12)8-9-17-15(20)13-6-7-14(23-13)16(21)22/h2-5,13-14H,6-9H2,1H3,(H,17,20)(H,18,19)(H,21,22)/t13-,14+/m0/s1. The van der Waals surface area contributed by atoms with Crippen molar-refractivity contribution in [2.24, 2.45) is 0 Å². The summed E-state index contributed by atoms with van der Waals surface area (Å²) in [6.07, 6.45) is -0.141. The van der Waals surface area contributed by atoms with E-state index in [0.717, 1.165) is 11.3 Å². The molecule has 1 aromatic carbocycles. The SMILES string of the molecule is CC(=O)Nc1ccc(CCNC(=O)[C@@H]2CC[C@H](C(=O)O)O2)cc1. The van der Waals surface area contributed by atoms with Crippen molar-refractivity contribution in [3.63, 3.8) is 0 Å². The van der Waals surface area contributed by atoms with Crippen LogP contribution >= 0.6 is 0 Å². The van der Waals surface area contributed by atoms with Crippen LogP contribution in [0.15, 0.2) is 24.3 Å². The summed E-state index contributed by atoms with van der Waals surface area (Å²) in [5.41, 5.74) is 1.75. The number of nitrogens with one attached hydrogen (secondary N) is 2. The Labute approximate surface area is 134 Å². The van der Waals surface area contributed by atoms with Crippen LogP contribution in [-0.4, -0.2) is 41.6 Å². The van der Waals surface area contributed by atoms with Gasteiger partial charge in [0.1, 0.15) is 6.10 Å². The molecule has 7 nitrogen and oxygen atoms in total. The molecule has 23 heavy (non-hydrogen) atoms. The molecule has 1 fully saturated rings. The number of rotatable bonds is 6. The van der Waals surface area contributed by atoms with Crippen LogP contribution in [0.1, 0.15) is 25.3 Å². The molecule has 0 spiro atoms. The van der Waals surface area contributed by atoms with Crippen molar-refractivity contribution in [3.8, 4) is 0 Å². The average Bonchev–Trinajstić information content (AvgIpc) is 2.98. The third-order valence-corrected chi connectivity index (χ3v) is 3.57. The van der Waals surface area contributed by atoms with Crippen LogP contribution in [0.5, 0.6) is 0 Å². The number of hydrogen-bond acceptors (Lipinski definition) is 4. The van der Waals surface area contributed by atoms with E-state index in [4.69, 9.17) is 9.84 Å². The monoisotopic (exact) mass is 320 g/mol. The molecule has 1 aliphatic heterocycles. The predicted octanol–water partition coefficient (Wildman–Crippen LogP) is 0.936. The lowest BCUT2D eigenvalue weighted by Crippen LogP contribution is -2.36. The fraction of sp³-hybridized carbons (Fsp3) is 0.438. The van der Waals surface area contributed by atoms with Crippen molar-refractivity contribution in [1.82, 2.24) is 5.32 Å². The van der Waals surface area contributed by atoms with Crippen LogP contribution < -0.4 is 10.6 Å². The lowest BCUT2D eigenvalue weighted by molar-refractivity contribution is -0.151. The van der Waals surface area contributed by atoms with Crippen LogP contribution in [0, 0.1) is 0 Å². The van der Waals surface area contributed by atoms with Crippen molar-refractivity contribution in [3.05, 3.63) is 29.8 Å². The zero-order valence-electron chi connectivity index (χ0n) is 12.9. The van der Waals surface area contributed by atoms with Gasteiger partial charge in [0.25, 0.3) is 0 Å². The van der Waals surface area contributed by atoms with Crippen LogP contribution in [0.4, 0.5) is 5.69 Å². The van der Waals surface area contributed by atoms with Crippen LogP contribution in [-0.2, 0) is 25.5 Å². The minimum Gasteiger partial charge on any atom is -0.479 e. The summed E-state index contributed by atoms with van der Waals surface area (Å²) in [4.78, 5) is 33.6. The first-order chi connectivity index (χ1) is 11.0. The molecule has 0 saturated carbocycles. The Kier molecular flexibility index (Phi) is 5.70. The van der Waals surface area contributed by atoms with Crippen molar-refractivity contribution in [2.45, 2.75) is 38.4 Å². The largest absolute Gasteiger partial charge is 0.479 e. The topological polar surface area (TPSA) is 105 Å². The number of amides is 2. The van der Waals surface area contributed by atoms with Gasteiger partial charge in [0.05, 0.1) is 0 Å². The van der Waals surface area contributed by atoms with Gasteiger partial charge in [-0.15, -0.1) is 0 Å². The first-order valence-electron chi connectivity index (χ1n) is 7.48. The summed E-state index contributed by atoms with van der Waals surface area (Å²) in [5, 5.41) is 14.3. The normalized spacial score (nSPS) is 20.0. The number of hydrogen-bond donors (Lipinski definition) is 3. The maximum absolute atomic E-state index is 11.9. The van der Waals surface area contributed by atoms with Gasteiger partial charge in [0.15, 0.2) is 6.10 Å². The fourth-order valence-corrected chi connectivity index (χ4v) is 2.41. The molecule has 1 saturated heterocycles. The van der Waals surface area contributed by atoms with E-state index in [-0.39, 0.29) is 11.8 Å². The second-order valence-electron chi connectivity index (χ2n) is 5.45. The Balaban J connectivity index is 1.73. The summed E-state index contributed by atoms with van der Waals surface area (Å²) in [6.45, 7) is 1.89. The highest BCUT2D eigenvalue weighted by Gasteiger charge is 2.34. The molecule has 7 heteroatoms. The van der Waals surface area contributed by atoms with Gasteiger partial charge in [0.2, 0.25) is 11.8 Å². The van der Waals surface area contributed by atoms with E-state index in [0.29, 0.717) is 25.8 Å². The van der Waals surface area contributed by atoms with E-state index in [1.807, 2.05) is 12.1 Å². The van der Waals surface area contributed by atoms with Crippen molar-refractivity contribution in [1.29, 1.82) is 0 Å². The Morgan fingerprint density at radius 3 is 2.39 bits per heavy atom. The quantitative estimate of drug-likeness (QED) is 0.723. The Morgan fingerprint density at radius 2 is 1.83 bits per heavy atom. The van der Waals surface area contributed by atoms with Gasteiger partial charge in [-0.2, -0.15) is 0 Å². The number of carbonyl (C=O) groups excluding carboxylic acids is 2. The van der Waals surface area contributed by atoms with E-state index in [2.05, 4.69) is 10.6 Å². The molecule has 0 bridgehead atoms. The Morgan fingerprint density at radius 1 is 1.17 bits per heavy atom. The molecule has 0 radical (unpaired) electrons. The smallest absolute Gasteiger partial charge is 0.332 e. The zero-order valence-corrected chi connectivity index (χ0v) is 12.9. The molecule has 0 aliphatic carbocycles. The first kappa shape index (κ1) is 17.0. The summed E-state index contributed by atoms with van der Waals surface area (Å²) in [7, 11) is 0. The Hall–Kier alpha value is -2.41. The Bertz CT molecular complexity index is 585. The highest BCUT2D eigenvalue weighted by molar-refractivity contribution is 5.88. The van der Waals surface area contributed by atoms with Gasteiger partial charge in [-0.25, -0.2) is 4.79 Å². The molecule has 1 heterocycles. The molecule has 0 unspecified atom stereocenters. The van der Waals surface area contributed by atoms with Crippen molar-refractivity contribution < 1.29 is 24.2 Å². The van der Waals surface area contributed by atoms with E-state index in [1.54, 1.807) is 12.1 Å². The molecule has 1 aromatic rings. The van der Waals surface area contributed by atoms with E-state index < -0.39 is 18.2 Å². The van der Waals surface area contributed by atoms with Crippen LogP contribution in [0.2, 0.25) is 0 Å². The lowest BCUT2D eigenvalue weighted by atomic mass is 10.1. The van der Waals surface area contributed by atoms with Gasteiger partial charge in [-0.05, 0) is 37.0 Å². The molecule has 0 aromatic heterocycles. The molecule has 124 valence electrons. The highest BCUT2D eigenvalue weighted by atomic mass is 16.5. The maximum atomic E-state index is 11.9. The summed E-state index contributed by atoms with van der Waals surface area (Å²) < 4.78 is 5.19. The fourth-order valence-electron chi connectivity index (χ4n) is 2.41. The van der Waals surface area contributed by atoms with Gasteiger partial charge in [0, 0.05) is 19.2 Å². The van der Waals surface area contributed by atoms with Crippen molar-refractivity contribution >= 4 is 23.5 Å². The van der Waals surface area contributed by atoms with Crippen LogP contribution in [0.3, 0.4) is 0 Å². The number of anilines is 1. The van der Waals surface area contributed by atoms with Gasteiger partial charge >= 0.3 is 5.97 Å². The van der Waals surface area contributed by atoms with E-state index >= 15 is 0 Å². The second kappa shape index (κ2) is 7.73. The van der Waals surface area contributed by atoms with Crippen LogP contribution in [0.25, 0.3) is 0 Å². The highest BCUT2D eigenvalue weighted by Crippen LogP contribution is 2.19. The molecule has 2 rings (SSSR count). The van der Waals surface area contributed by atoms with Gasteiger partial charge in [-0.1, -0.05) is 12.1 Å². The number of carbonyl (C=O) groups is 3. The molecular formula is C16H20N2O5. The number of ether oxygens (including phenoxy) is 1. The molecule has 1 aliphatic rings.